The highest BCUT2D eigenvalue weighted by Crippen LogP contribution is 2.19. The fourth-order valence-corrected chi connectivity index (χ4v) is 1.30. The summed E-state index contributed by atoms with van der Waals surface area (Å²) < 4.78 is 31.2. The van der Waals surface area contributed by atoms with Gasteiger partial charge in [-0.2, -0.15) is 0 Å². The zero-order valence-corrected chi connectivity index (χ0v) is 8.86. The number of rotatable bonds is 3. The second-order valence-corrected chi connectivity index (χ2v) is 3.48. The number of hydrogen-bond acceptors (Lipinski definition) is 3. The van der Waals surface area contributed by atoms with Crippen molar-refractivity contribution in [3.05, 3.63) is 53.9 Å². The maximum absolute atomic E-state index is 13.1. The van der Waals surface area contributed by atoms with Crippen LogP contribution in [0.15, 0.2) is 36.7 Å². The van der Waals surface area contributed by atoms with Crippen molar-refractivity contribution in [1.82, 2.24) is 4.98 Å². The Labute approximate surface area is 96.9 Å². The van der Waals surface area contributed by atoms with Crippen LogP contribution in [0.1, 0.15) is 5.56 Å². The molecular weight excluding hydrogens is 226 g/mol. The van der Waals surface area contributed by atoms with Crippen molar-refractivity contribution < 1.29 is 13.5 Å². The van der Waals surface area contributed by atoms with Crippen LogP contribution < -0.4 is 10.5 Å². The molecule has 0 spiro atoms. The Kier molecular flexibility index (Phi) is 3.18. The number of pyridine rings is 1. The molecule has 2 N–H and O–H groups in total. The highest BCUT2D eigenvalue weighted by molar-refractivity contribution is 5.43. The van der Waals surface area contributed by atoms with E-state index >= 15 is 0 Å². The molecule has 1 aromatic heterocycles. The normalized spacial score (nSPS) is 10.2. The predicted molar refractivity (Wildman–Crippen MR) is 59.3 cm³/mol. The maximum atomic E-state index is 13.1. The molecular formula is C12H10F2N2O. The van der Waals surface area contributed by atoms with E-state index < -0.39 is 11.6 Å². The maximum Gasteiger partial charge on any atom is 0.149 e. The van der Waals surface area contributed by atoms with Gasteiger partial charge in [0.25, 0.3) is 0 Å². The van der Waals surface area contributed by atoms with Crippen LogP contribution in [0, 0.1) is 11.6 Å². The van der Waals surface area contributed by atoms with Crippen LogP contribution >= 0.6 is 0 Å². The molecule has 0 amide bonds. The fraction of sp³-hybridized carbons (Fsp3) is 0.0833. The Bertz CT molecular complexity index is 532. The molecule has 0 aliphatic heterocycles. The van der Waals surface area contributed by atoms with E-state index in [2.05, 4.69) is 4.98 Å². The van der Waals surface area contributed by atoms with E-state index in [1.165, 1.54) is 24.4 Å². The fourth-order valence-electron chi connectivity index (χ4n) is 1.30. The van der Waals surface area contributed by atoms with E-state index in [-0.39, 0.29) is 12.3 Å². The Hall–Kier alpha value is -2.17. The molecule has 0 saturated carbocycles. The van der Waals surface area contributed by atoms with E-state index in [1.54, 1.807) is 6.07 Å². The monoisotopic (exact) mass is 236 g/mol. The van der Waals surface area contributed by atoms with Crippen LogP contribution in [0.3, 0.4) is 0 Å². The SMILES string of the molecule is Nc1ccc(OCc2cncc(F)c2)cc1F. The first-order valence-corrected chi connectivity index (χ1v) is 4.92. The van der Waals surface area contributed by atoms with Gasteiger partial charge < -0.3 is 10.5 Å². The zero-order chi connectivity index (χ0) is 12.3. The lowest BCUT2D eigenvalue weighted by molar-refractivity contribution is 0.303. The summed E-state index contributed by atoms with van der Waals surface area (Å²) in [6.45, 7) is 0.119. The van der Waals surface area contributed by atoms with Gasteiger partial charge in [0.1, 0.15) is 24.0 Å². The highest BCUT2D eigenvalue weighted by atomic mass is 19.1. The molecule has 5 heteroatoms. The third-order valence-electron chi connectivity index (χ3n) is 2.14. The summed E-state index contributed by atoms with van der Waals surface area (Å²) in [5, 5.41) is 0. The summed E-state index contributed by atoms with van der Waals surface area (Å²) in [6, 6.07) is 5.45. The van der Waals surface area contributed by atoms with Crippen molar-refractivity contribution >= 4 is 5.69 Å². The molecule has 2 aromatic rings. The van der Waals surface area contributed by atoms with Crippen molar-refractivity contribution in [2.24, 2.45) is 0 Å². The minimum atomic E-state index is -0.542. The number of nitrogen functional groups attached to an aromatic ring is 1. The van der Waals surface area contributed by atoms with Gasteiger partial charge in [-0.25, -0.2) is 8.78 Å². The third kappa shape index (κ3) is 2.90. The van der Waals surface area contributed by atoms with Crippen LogP contribution in [-0.4, -0.2) is 4.98 Å². The molecule has 0 aliphatic carbocycles. The van der Waals surface area contributed by atoms with E-state index in [9.17, 15) is 8.78 Å². The van der Waals surface area contributed by atoms with Crippen molar-refractivity contribution in [2.75, 3.05) is 5.73 Å². The van der Waals surface area contributed by atoms with Gasteiger partial charge in [-0.15, -0.1) is 0 Å². The predicted octanol–water partition coefficient (Wildman–Crippen LogP) is 2.52. The summed E-state index contributed by atoms with van der Waals surface area (Å²) in [4.78, 5) is 3.68. The topological polar surface area (TPSA) is 48.1 Å². The lowest BCUT2D eigenvalue weighted by Crippen LogP contribution is -1.98. The number of benzene rings is 1. The molecule has 0 aliphatic rings. The van der Waals surface area contributed by atoms with Gasteiger partial charge in [0.15, 0.2) is 0 Å². The molecule has 0 bridgehead atoms. The Morgan fingerprint density at radius 2 is 2.00 bits per heavy atom. The minimum Gasteiger partial charge on any atom is -0.489 e. The van der Waals surface area contributed by atoms with E-state index in [0.717, 1.165) is 6.20 Å². The van der Waals surface area contributed by atoms with Crippen molar-refractivity contribution in [1.29, 1.82) is 0 Å². The number of halogens is 2. The number of hydrogen-bond donors (Lipinski definition) is 1. The van der Waals surface area contributed by atoms with Gasteiger partial charge in [0.05, 0.1) is 11.9 Å². The lowest BCUT2D eigenvalue weighted by atomic mass is 10.3. The van der Waals surface area contributed by atoms with E-state index in [4.69, 9.17) is 10.5 Å². The second-order valence-electron chi connectivity index (χ2n) is 3.48. The summed E-state index contributed by atoms with van der Waals surface area (Å²) in [5.41, 5.74) is 5.96. The number of nitrogens with two attached hydrogens (primary N) is 1. The molecule has 17 heavy (non-hydrogen) atoms. The Morgan fingerprint density at radius 1 is 1.18 bits per heavy atom. The van der Waals surface area contributed by atoms with Gasteiger partial charge >= 0.3 is 0 Å². The number of aromatic nitrogens is 1. The molecule has 1 aromatic carbocycles. The molecule has 0 atom stereocenters. The summed E-state index contributed by atoms with van der Waals surface area (Å²) in [5.74, 6) is -0.643. The highest BCUT2D eigenvalue weighted by Gasteiger charge is 2.02. The van der Waals surface area contributed by atoms with Crippen LogP contribution in [0.25, 0.3) is 0 Å². The first-order chi connectivity index (χ1) is 8.15. The number of ether oxygens (including phenoxy) is 1. The molecule has 3 nitrogen and oxygen atoms in total. The van der Waals surface area contributed by atoms with Crippen LogP contribution in [0.4, 0.5) is 14.5 Å². The Balaban J connectivity index is 2.05. The smallest absolute Gasteiger partial charge is 0.149 e. The molecule has 2 rings (SSSR count). The Morgan fingerprint density at radius 3 is 2.71 bits per heavy atom. The van der Waals surface area contributed by atoms with E-state index in [1.807, 2.05) is 0 Å². The van der Waals surface area contributed by atoms with Crippen molar-refractivity contribution in [3.8, 4) is 5.75 Å². The molecule has 1 heterocycles. The van der Waals surface area contributed by atoms with Crippen LogP contribution in [-0.2, 0) is 6.61 Å². The number of nitrogens with zero attached hydrogens (tertiary/aromatic N) is 1. The molecule has 0 radical (unpaired) electrons. The van der Waals surface area contributed by atoms with Gasteiger partial charge in [0.2, 0.25) is 0 Å². The van der Waals surface area contributed by atoms with Crippen LogP contribution in [0.5, 0.6) is 5.75 Å². The quantitative estimate of drug-likeness (QED) is 0.833. The van der Waals surface area contributed by atoms with Crippen molar-refractivity contribution in [3.63, 3.8) is 0 Å². The summed E-state index contributed by atoms with van der Waals surface area (Å²) >= 11 is 0. The summed E-state index contributed by atoms with van der Waals surface area (Å²) in [7, 11) is 0. The summed E-state index contributed by atoms with van der Waals surface area (Å²) in [6.07, 6.45) is 2.59. The number of anilines is 1. The van der Waals surface area contributed by atoms with Crippen LogP contribution in [0.2, 0.25) is 0 Å². The molecule has 0 unspecified atom stereocenters. The van der Waals surface area contributed by atoms with Gasteiger partial charge in [-0.05, 0) is 18.2 Å². The van der Waals surface area contributed by atoms with Crippen molar-refractivity contribution in [2.45, 2.75) is 6.61 Å². The second kappa shape index (κ2) is 4.78. The van der Waals surface area contributed by atoms with Gasteiger partial charge in [0, 0.05) is 17.8 Å². The lowest BCUT2D eigenvalue weighted by Gasteiger charge is -2.06. The standard InChI is InChI=1S/C12H10F2N2O/c13-9-3-8(5-16-6-9)7-17-10-1-2-12(15)11(14)4-10/h1-6H,7,15H2. The molecule has 0 fully saturated rings. The van der Waals surface area contributed by atoms with Gasteiger partial charge in [-0.1, -0.05) is 0 Å². The first kappa shape index (κ1) is 11.3. The molecule has 88 valence electrons. The minimum absolute atomic E-state index is 0.0600. The average molecular weight is 236 g/mol. The van der Waals surface area contributed by atoms with E-state index in [0.29, 0.717) is 11.3 Å². The molecule has 0 saturated heterocycles. The third-order valence-corrected chi connectivity index (χ3v) is 2.14. The van der Waals surface area contributed by atoms with Gasteiger partial charge in [-0.3, -0.25) is 4.98 Å². The first-order valence-electron chi connectivity index (χ1n) is 4.92. The largest absolute Gasteiger partial charge is 0.489 e. The zero-order valence-electron chi connectivity index (χ0n) is 8.86. The average Bonchev–Trinajstić information content (AvgIpc) is 2.31.